The number of aliphatic carboxylic acids is 3. The van der Waals surface area contributed by atoms with E-state index >= 15 is 0 Å². The summed E-state index contributed by atoms with van der Waals surface area (Å²) in [6.45, 7) is 2.66. The maximum atomic E-state index is 12.9. The standard InChI is InChI=1S/C25H29N5O5S.2C2HF3O2/c1-16-3-2-4-19(13-16)36(34,35)29-21(23(31)32)15-30-11-9-25(10-12-30)14-20(28-24(25)33)17-5-7-18(8-6-17)22(26)27;2*3-2(4,5)1(6)7/h2-8,13,21,29H,9-12,14-15H2,1H3,(H3,26,27)(H,31,32);2*(H,6,7). The molecular formula is C29H31F6N5O9S. The predicted molar refractivity (Wildman–Crippen MR) is 162 cm³/mol. The van der Waals surface area contributed by atoms with E-state index in [0.29, 0.717) is 43.6 Å². The molecule has 2 aromatic rings. The van der Waals surface area contributed by atoms with Crippen molar-refractivity contribution in [2.24, 2.45) is 16.1 Å². The first-order valence-corrected chi connectivity index (χ1v) is 15.6. The van der Waals surface area contributed by atoms with Gasteiger partial charge in [-0.15, -0.1) is 0 Å². The molecule has 14 nitrogen and oxygen atoms in total. The van der Waals surface area contributed by atoms with Gasteiger partial charge >= 0.3 is 30.3 Å². The quantitative estimate of drug-likeness (QED) is 0.131. The summed E-state index contributed by atoms with van der Waals surface area (Å²) in [6, 6.07) is 12.0. The lowest BCUT2D eigenvalue weighted by molar-refractivity contribution is -0.193. The summed E-state index contributed by atoms with van der Waals surface area (Å²) >= 11 is 0. The van der Waals surface area contributed by atoms with Crippen LogP contribution in [-0.4, -0.2) is 102 Å². The minimum atomic E-state index is -5.08. The molecule has 274 valence electrons. The third kappa shape index (κ3) is 11.6. The number of amidine groups is 1. The molecule has 0 aromatic heterocycles. The van der Waals surface area contributed by atoms with E-state index < -0.39 is 51.7 Å². The Hall–Kier alpha value is -4.89. The van der Waals surface area contributed by atoms with E-state index in [0.717, 1.165) is 11.1 Å². The maximum absolute atomic E-state index is 12.9. The number of nitrogens with zero attached hydrogens (tertiary/aromatic N) is 2. The number of sulfonamides is 1. The van der Waals surface area contributed by atoms with Crippen LogP contribution in [0, 0.1) is 17.7 Å². The number of nitrogens with two attached hydrogens (primary N) is 1. The third-order valence-electron chi connectivity index (χ3n) is 7.36. The lowest BCUT2D eigenvalue weighted by Crippen LogP contribution is -2.51. The molecule has 0 radical (unpaired) electrons. The number of piperidine rings is 1. The number of nitrogens with one attached hydrogen (secondary N) is 2. The molecule has 2 aliphatic rings. The van der Waals surface area contributed by atoms with Gasteiger partial charge in [0, 0.05) is 18.5 Å². The second-order valence-corrected chi connectivity index (χ2v) is 12.8. The highest BCUT2D eigenvalue weighted by Gasteiger charge is 2.46. The molecule has 1 saturated heterocycles. The molecule has 2 aliphatic heterocycles. The predicted octanol–water partition coefficient (Wildman–Crippen LogP) is 2.78. The molecule has 1 unspecified atom stereocenters. The van der Waals surface area contributed by atoms with Gasteiger partial charge in [0.05, 0.1) is 16.0 Å². The highest BCUT2D eigenvalue weighted by atomic mass is 32.2. The minimum Gasteiger partial charge on any atom is -0.480 e. The minimum absolute atomic E-state index is 0.00906. The zero-order valence-corrected chi connectivity index (χ0v) is 26.7. The summed E-state index contributed by atoms with van der Waals surface area (Å²) in [5.41, 5.74) is 7.72. The number of rotatable bonds is 8. The van der Waals surface area contributed by atoms with Crippen molar-refractivity contribution < 1.29 is 69.3 Å². The zero-order chi connectivity index (χ0) is 38.2. The number of carboxylic acid groups (broad SMARTS) is 3. The number of carbonyl (C=O) groups excluding carboxylic acids is 1. The van der Waals surface area contributed by atoms with Gasteiger partial charge < -0.3 is 26.0 Å². The van der Waals surface area contributed by atoms with Gasteiger partial charge in [-0.2, -0.15) is 31.1 Å². The molecule has 1 amide bonds. The molecule has 1 spiro atoms. The van der Waals surface area contributed by atoms with Crippen LogP contribution in [0.4, 0.5) is 26.3 Å². The monoisotopic (exact) mass is 739 g/mol. The fourth-order valence-corrected chi connectivity index (χ4v) is 5.99. The van der Waals surface area contributed by atoms with Gasteiger partial charge in [0.15, 0.2) is 0 Å². The Balaban J connectivity index is 0.000000521. The van der Waals surface area contributed by atoms with Crippen molar-refractivity contribution in [3.63, 3.8) is 0 Å². The van der Waals surface area contributed by atoms with E-state index in [1.165, 1.54) is 12.1 Å². The Bertz CT molecular complexity index is 1710. The van der Waals surface area contributed by atoms with Crippen LogP contribution in [0.2, 0.25) is 0 Å². The van der Waals surface area contributed by atoms with Crippen molar-refractivity contribution in [1.82, 2.24) is 9.62 Å². The number of amides is 1. The Kier molecular flexibility index (Phi) is 13.4. The van der Waals surface area contributed by atoms with Crippen molar-refractivity contribution in [3.05, 3.63) is 65.2 Å². The van der Waals surface area contributed by atoms with Crippen LogP contribution in [0.1, 0.15) is 36.0 Å². The molecule has 2 aromatic carbocycles. The zero-order valence-electron chi connectivity index (χ0n) is 25.9. The van der Waals surface area contributed by atoms with Gasteiger partial charge in [-0.05, 0) is 56.1 Å². The number of hydrogen-bond donors (Lipinski definition) is 6. The smallest absolute Gasteiger partial charge is 0.480 e. The van der Waals surface area contributed by atoms with Crippen LogP contribution < -0.4 is 10.5 Å². The molecule has 0 bridgehead atoms. The molecule has 4 rings (SSSR count). The number of benzene rings is 2. The van der Waals surface area contributed by atoms with Crippen LogP contribution in [0.25, 0.3) is 0 Å². The van der Waals surface area contributed by atoms with E-state index in [4.69, 9.17) is 30.9 Å². The lowest BCUT2D eigenvalue weighted by Gasteiger charge is -2.38. The van der Waals surface area contributed by atoms with Crippen LogP contribution in [0.15, 0.2) is 58.4 Å². The SMILES string of the molecule is Cc1cccc(S(=O)(=O)NC(CN2CCC3(CC2)CC(c2ccc(C(=N)N)cc2)=NC3=O)C(=O)O)c1.O=C(O)C(F)(F)F.O=C(O)C(F)(F)F. The molecular weight excluding hydrogens is 708 g/mol. The highest BCUT2D eigenvalue weighted by molar-refractivity contribution is 7.89. The molecule has 50 heavy (non-hydrogen) atoms. The molecule has 0 saturated carbocycles. The number of hydrogen-bond acceptors (Lipinski definition) is 8. The van der Waals surface area contributed by atoms with Gasteiger partial charge in [-0.3, -0.25) is 15.0 Å². The Labute approximate surface area is 280 Å². The van der Waals surface area contributed by atoms with Gasteiger partial charge in [0.2, 0.25) is 10.0 Å². The van der Waals surface area contributed by atoms with E-state index in [1.807, 2.05) is 4.90 Å². The summed E-state index contributed by atoms with van der Waals surface area (Å²) < 4.78 is 91.3. The van der Waals surface area contributed by atoms with E-state index in [-0.39, 0.29) is 23.2 Å². The summed E-state index contributed by atoms with van der Waals surface area (Å²) in [5.74, 6) is -6.98. The summed E-state index contributed by atoms with van der Waals surface area (Å²) in [7, 11) is -4.01. The number of alkyl halides is 6. The Morgan fingerprint density at radius 1 is 0.980 bits per heavy atom. The van der Waals surface area contributed by atoms with Crippen LogP contribution in [-0.2, 0) is 29.2 Å². The number of aryl methyl sites for hydroxylation is 1. The van der Waals surface area contributed by atoms with Crippen molar-refractivity contribution >= 4 is 45.4 Å². The molecule has 21 heteroatoms. The lowest BCUT2D eigenvalue weighted by atomic mass is 9.75. The fourth-order valence-electron chi connectivity index (χ4n) is 4.70. The van der Waals surface area contributed by atoms with Crippen molar-refractivity contribution in [1.29, 1.82) is 5.41 Å². The fraction of sp³-hybridized carbons (Fsp3) is 0.379. The van der Waals surface area contributed by atoms with Crippen molar-refractivity contribution in [2.45, 2.75) is 49.5 Å². The van der Waals surface area contributed by atoms with Gasteiger partial charge in [-0.25, -0.2) is 23.0 Å². The number of carbonyl (C=O) groups is 4. The normalized spacial score (nSPS) is 16.6. The maximum Gasteiger partial charge on any atom is 0.490 e. The first-order chi connectivity index (χ1) is 22.9. The summed E-state index contributed by atoms with van der Waals surface area (Å²) in [6.07, 6.45) is -8.68. The average Bonchev–Trinajstić information content (AvgIpc) is 3.32. The van der Waals surface area contributed by atoms with Crippen molar-refractivity contribution in [3.8, 4) is 0 Å². The Morgan fingerprint density at radius 3 is 1.90 bits per heavy atom. The van der Waals surface area contributed by atoms with Gasteiger partial charge in [-0.1, -0.05) is 36.4 Å². The van der Waals surface area contributed by atoms with E-state index in [1.54, 1.807) is 43.3 Å². The first-order valence-electron chi connectivity index (χ1n) is 14.1. The van der Waals surface area contributed by atoms with Crippen LogP contribution in [0.5, 0.6) is 0 Å². The highest BCUT2D eigenvalue weighted by Crippen LogP contribution is 2.41. The second-order valence-electron chi connectivity index (χ2n) is 11.0. The third-order valence-corrected chi connectivity index (χ3v) is 8.83. The second kappa shape index (κ2) is 16.2. The number of nitrogen functional groups attached to an aromatic ring is 1. The number of likely N-dealkylation sites (tertiary alicyclic amines) is 1. The van der Waals surface area contributed by atoms with Crippen LogP contribution >= 0.6 is 0 Å². The largest absolute Gasteiger partial charge is 0.490 e. The van der Waals surface area contributed by atoms with Gasteiger partial charge in [0.25, 0.3) is 5.91 Å². The molecule has 2 heterocycles. The number of carboxylic acids is 3. The van der Waals surface area contributed by atoms with E-state index in [9.17, 15) is 49.5 Å². The topological polar surface area (TPSA) is 241 Å². The number of halogens is 6. The molecule has 7 N–H and O–H groups in total. The van der Waals surface area contributed by atoms with E-state index in [2.05, 4.69) is 9.71 Å². The molecule has 0 aliphatic carbocycles. The number of aliphatic imine (C=N–C) groups is 1. The van der Waals surface area contributed by atoms with Gasteiger partial charge in [0.1, 0.15) is 11.9 Å². The molecule has 1 fully saturated rings. The summed E-state index contributed by atoms with van der Waals surface area (Å²) in [5, 5.41) is 31.4. The Morgan fingerprint density at radius 2 is 1.48 bits per heavy atom. The summed E-state index contributed by atoms with van der Waals surface area (Å²) in [4.78, 5) is 48.7. The van der Waals surface area contributed by atoms with Crippen molar-refractivity contribution in [2.75, 3.05) is 19.6 Å². The average molecular weight is 740 g/mol. The van der Waals surface area contributed by atoms with Crippen LogP contribution in [0.3, 0.4) is 0 Å². The first kappa shape index (κ1) is 41.3. The molecule has 1 atom stereocenters.